The summed E-state index contributed by atoms with van der Waals surface area (Å²) in [5, 5.41) is 0. The Balaban J connectivity index is 4.35. The van der Waals surface area contributed by atoms with Gasteiger partial charge in [0.05, 0.1) is 0 Å². The third kappa shape index (κ3) is 62.5. The summed E-state index contributed by atoms with van der Waals surface area (Å²) in [6, 6.07) is 0. The summed E-state index contributed by atoms with van der Waals surface area (Å²) in [6.45, 7) is 6.35. The lowest BCUT2D eigenvalue weighted by molar-refractivity contribution is -0.166. The lowest BCUT2D eigenvalue weighted by Gasteiger charge is -2.18. The van der Waals surface area contributed by atoms with Crippen LogP contribution in [0.4, 0.5) is 0 Å². The highest BCUT2D eigenvalue weighted by Gasteiger charge is 2.19. The van der Waals surface area contributed by atoms with E-state index in [2.05, 4.69) is 136 Å². The molecule has 0 amide bonds. The fourth-order valence-corrected chi connectivity index (χ4v) is 8.71. The fraction of sp³-hybridized carbons (Fsp3) is 0.676. The second-order valence-electron chi connectivity index (χ2n) is 20.9. The Morgan fingerprint density at radius 3 is 0.883 bits per heavy atom. The number of carbonyl (C=O) groups excluding carboxylic acids is 3. The Morgan fingerprint density at radius 2 is 0.532 bits per heavy atom. The summed E-state index contributed by atoms with van der Waals surface area (Å²) in [5.74, 6) is -0.989. The zero-order valence-corrected chi connectivity index (χ0v) is 50.2. The van der Waals surface area contributed by atoms with E-state index in [1.165, 1.54) is 148 Å². The van der Waals surface area contributed by atoms with Crippen LogP contribution in [0, 0.1) is 0 Å². The van der Waals surface area contributed by atoms with Gasteiger partial charge in [0.25, 0.3) is 0 Å². The number of hydrogen-bond acceptors (Lipinski definition) is 6. The van der Waals surface area contributed by atoms with Gasteiger partial charge in [0.15, 0.2) is 6.10 Å². The Labute approximate surface area is 475 Å². The molecular weight excluding hydrogens is 949 g/mol. The summed E-state index contributed by atoms with van der Waals surface area (Å²) in [7, 11) is 0. The summed E-state index contributed by atoms with van der Waals surface area (Å²) >= 11 is 0. The molecule has 1 atom stereocenters. The highest BCUT2D eigenvalue weighted by atomic mass is 16.6. The molecule has 1 unspecified atom stereocenters. The molecule has 77 heavy (non-hydrogen) atoms. The van der Waals surface area contributed by atoms with Crippen molar-refractivity contribution in [2.75, 3.05) is 13.2 Å². The smallest absolute Gasteiger partial charge is 0.306 e. The standard InChI is InChI=1S/C71H118O6/c1-4-7-10-13-16-19-22-25-27-29-31-32-33-34-35-36-37-38-40-41-43-46-49-52-55-58-61-64-70(73)76-67-68(66-75-69(72)63-60-57-54-51-48-45-24-21-18-15-12-9-6-3)77-71(74)65-62-59-56-53-50-47-44-42-39-30-28-26-23-20-17-14-11-8-5-2/h7,9-10,12,16,18-19,21,25-28,31-32,34-35,45,48,54,57,68H,4-6,8,11,13-15,17,20,22-24,29-30,33,36-44,46-47,49-53,55-56,58-67H2,1-3H3/b10-7-,12-9-,19-16-,21-18-,27-25-,28-26-,32-31-,35-34-,48-45-,57-54-. The van der Waals surface area contributed by atoms with Crippen LogP contribution in [-0.4, -0.2) is 37.2 Å². The molecule has 0 aliphatic heterocycles. The molecule has 0 saturated carbocycles. The van der Waals surface area contributed by atoms with Gasteiger partial charge in [0.2, 0.25) is 0 Å². The Morgan fingerprint density at radius 1 is 0.273 bits per heavy atom. The molecule has 0 aromatic rings. The average molecular weight is 1070 g/mol. The van der Waals surface area contributed by atoms with E-state index in [1.807, 2.05) is 6.08 Å². The minimum Gasteiger partial charge on any atom is -0.462 e. The second-order valence-corrected chi connectivity index (χ2v) is 20.9. The SMILES string of the molecule is CC/C=C\C/C=C\C/C=C\C/C=C\C/C=C\CCCCCCCCCCCCCC(=O)OCC(COC(=O)CC/C=C\C/C=C\C/C=C\C/C=C\CC)OC(=O)CCCCCCCCCCC/C=C\CCCCCCCC. The van der Waals surface area contributed by atoms with Crippen molar-refractivity contribution < 1.29 is 28.6 Å². The van der Waals surface area contributed by atoms with Crippen LogP contribution in [0.5, 0.6) is 0 Å². The third-order valence-electron chi connectivity index (χ3n) is 13.4. The fourth-order valence-electron chi connectivity index (χ4n) is 8.71. The van der Waals surface area contributed by atoms with Crippen LogP contribution in [0.15, 0.2) is 122 Å². The Bertz CT molecular complexity index is 1600. The Kier molecular flexibility index (Phi) is 60.8. The number of hydrogen-bond donors (Lipinski definition) is 0. The molecule has 0 rings (SSSR count). The van der Waals surface area contributed by atoms with Gasteiger partial charge < -0.3 is 14.2 Å². The maximum absolute atomic E-state index is 12.9. The molecule has 0 saturated heterocycles. The quantitative estimate of drug-likeness (QED) is 0.0261. The molecule has 6 nitrogen and oxygen atoms in total. The first-order chi connectivity index (χ1) is 38.0. The second kappa shape index (κ2) is 64.3. The largest absolute Gasteiger partial charge is 0.462 e. The van der Waals surface area contributed by atoms with E-state index in [9.17, 15) is 14.4 Å². The predicted molar refractivity (Wildman–Crippen MR) is 334 cm³/mol. The van der Waals surface area contributed by atoms with Gasteiger partial charge in [-0.15, -0.1) is 0 Å². The lowest BCUT2D eigenvalue weighted by Crippen LogP contribution is -2.30. The zero-order valence-electron chi connectivity index (χ0n) is 50.2. The van der Waals surface area contributed by atoms with Gasteiger partial charge in [0, 0.05) is 19.3 Å². The van der Waals surface area contributed by atoms with E-state index in [-0.39, 0.29) is 37.5 Å². The first kappa shape index (κ1) is 72.8. The average Bonchev–Trinajstić information content (AvgIpc) is 3.43. The topological polar surface area (TPSA) is 78.9 Å². The van der Waals surface area contributed by atoms with Crippen LogP contribution in [0.1, 0.15) is 290 Å². The van der Waals surface area contributed by atoms with E-state index in [0.717, 1.165) is 96.3 Å². The number of esters is 3. The highest BCUT2D eigenvalue weighted by Crippen LogP contribution is 2.16. The predicted octanol–water partition coefficient (Wildman–Crippen LogP) is 22.0. The van der Waals surface area contributed by atoms with Crippen molar-refractivity contribution in [3.05, 3.63) is 122 Å². The van der Waals surface area contributed by atoms with Crippen LogP contribution in [0.25, 0.3) is 0 Å². The molecule has 0 aromatic heterocycles. The van der Waals surface area contributed by atoms with Crippen molar-refractivity contribution >= 4 is 17.9 Å². The summed E-state index contributed by atoms with van der Waals surface area (Å²) in [4.78, 5) is 38.3. The zero-order chi connectivity index (χ0) is 55.7. The van der Waals surface area contributed by atoms with Gasteiger partial charge in [-0.3, -0.25) is 14.4 Å². The van der Waals surface area contributed by atoms with Crippen LogP contribution in [0.2, 0.25) is 0 Å². The highest BCUT2D eigenvalue weighted by molar-refractivity contribution is 5.71. The van der Waals surface area contributed by atoms with Crippen molar-refractivity contribution in [1.82, 2.24) is 0 Å². The molecule has 0 aromatic carbocycles. The van der Waals surface area contributed by atoms with Gasteiger partial charge in [-0.05, 0) is 116 Å². The van der Waals surface area contributed by atoms with E-state index in [4.69, 9.17) is 14.2 Å². The number of unbranched alkanes of at least 4 members (excludes halogenated alkanes) is 26. The monoisotopic (exact) mass is 1070 g/mol. The molecule has 0 spiro atoms. The first-order valence-corrected chi connectivity index (χ1v) is 32.0. The molecule has 0 N–H and O–H groups in total. The minimum atomic E-state index is -0.813. The normalized spacial score (nSPS) is 12.9. The van der Waals surface area contributed by atoms with E-state index < -0.39 is 6.10 Å². The van der Waals surface area contributed by atoms with Crippen molar-refractivity contribution in [1.29, 1.82) is 0 Å². The van der Waals surface area contributed by atoms with Gasteiger partial charge in [-0.25, -0.2) is 0 Å². The van der Waals surface area contributed by atoms with Gasteiger partial charge in [-0.2, -0.15) is 0 Å². The first-order valence-electron chi connectivity index (χ1n) is 32.0. The summed E-state index contributed by atoms with van der Waals surface area (Å²) in [5.41, 5.74) is 0. The molecule has 0 aliphatic rings. The maximum Gasteiger partial charge on any atom is 0.306 e. The van der Waals surface area contributed by atoms with E-state index in [1.54, 1.807) is 0 Å². The summed E-state index contributed by atoms with van der Waals surface area (Å²) in [6.07, 6.45) is 89.4. The van der Waals surface area contributed by atoms with Crippen LogP contribution in [0.3, 0.4) is 0 Å². The van der Waals surface area contributed by atoms with Crippen molar-refractivity contribution in [2.45, 2.75) is 297 Å². The lowest BCUT2D eigenvalue weighted by atomic mass is 10.0. The molecule has 0 bridgehead atoms. The Hall–Kier alpha value is -4.19. The van der Waals surface area contributed by atoms with Crippen molar-refractivity contribution in [3.63, 3.8) is 0 Å². The van der Waals surface area contributed by atoms with Crippen LogP contribution >= 0.6 is 0 Å². The number of carbonyl (C=O) groups is 3. The summed E-state index contributed by atoms with van der Waals surface area (Å²) < 4.78 is 16.8. The number of allylic oxidation sites excluding steroid dienone is 20. The van der Waals surface area contributed by atoms with Gasteiger partial charge in [0.1, 0.15) is 13.2 Å². The van der Waals surface area contributed by atoms with Gasteiger partial charge >= 0.3 is 17.9 Å². The molecule has 0 heterocycles. The van der Waals surface area contributed by atoms with Crippen molar-refractivity contribution in [3.8, 4) is 0 Å². The van der Waals surface area contributed by atoms with Crippen LogP contribution < -0.4 is 0 Å². The van der Waals surface area contributed by atoms with E-state index >= 15 is 0 Å². The van der Waals surface area contributed by atoms with Crippen LogP contribution in [-0.2, 0) is 28.6 Å². The third-order valence-corrected chi connectivity index (χ3v) is 13.4. The number of ether oxygens (including phenoxy) is 3. The number of rotatable bonds is 57. The van der Waals surface area contributed by atoms with Gasteiger partial charge in [-0.1, -0.05) is 277 Å². The maximum atomic E-state index is 12.9. The molecule has 0 aliphatic carbocycles. The molecule has 438 valence electrons. The molecule has 0 fully saturated rings. The molecule has 6 heteroatoms. The molecular formula is C71H118O6. The van der Waals surface area contributed by atoms with E-state index in [0.29, 0.717) is 19.3 Å². The van der Waals surface area contributed by atoms with Crippen molar-refractivity contribution in [2.24, 2.45) is 0 Å². The molecule has 0 radical (unpaired) electrons. The minimum absolute atomic E-state index is 0.104.